The minimum absolute atomic E-state index is 0.227. The lowest BCUT2D eigenvalue weighted by Gasteiger charge is -2.58. The molecule has 158 valence electrons. The number of hydrogen-bond donors (Lipinski definition) is 1. The molecule has 4 bridgehead atoms. The maximum absolute atomic E-state index is 13.3. The van der Waals surface area contributed by atoms with Crippen LogP contribution in [0.3, 0.4) is 0 Å². The van der Waals surface area contributed by atoms with Crippen LogP contribution in [0, 0.1) is 23.2 Å². The molecule has 1 saturated heterocycles. The minimum Gasteiger partial charge on any atom is -0.463 e. The van der Waals surface area contributed by atoms with Gasteiger partial charge in [-0.3, -0.25) is 4.79 Å². The molecule has 9 heteroatoms. The summed E-state index contributed by atoms with van der Waals surface area (Å²) >= 11 is 1.31. The van der Waals surface area contributed by atoms with E-state index < -0.39 is 17.9 Å². The Bertz CT molecular complexity index is 793. The Morgan fingerprint density at radius 1 is 1.21 bits per heavy atom. The lowest BCUT2D eigenvalue weighted by atomic mass is 9.48. The summed E-state index contributed by atoms with van der Waals surface area (Å²) in [5, 5.41) is 0.432. The average Bonchev–Trinajstić information content (AvgIpc) is 2.62. The van der Waals surface area contributed by atoms with Gasteiger partial charge >= 0.3 is 0 Å². The van der Waals surface area contributed by atoms with Crippen LogP contribution < -0.4 is 15.4 Å². The zero-order valence-corrected chi connectivity index (χ0v) is 17.3. The molecule has 5 aliphatic rings. The third-order valence-corrected chi connectivity index (χ3v) is 7.71. The molecule has 1 atom stereocenters. The summed E-state index contributed by atoms with van der Waals surface area (Å²) in [6.45, 7) is -0.739. The number of alkyl halides is 2. The maximum atomic E-state index is 13.3. The zero-order chi connectivity index (χ0) is 20.4. The van der Waals surface area contributed by atoms with Crippen LogP contribution in [-0.4, -0.2) is 47.2 Å². The van der Waals surface area contributed by atoms with Gasteiger partial charge in [-0.05, 0) is 62.5 Å². The van der Waals surface area contributed by atoms with Gasteiger partial charge in [-0.1, -0.05) is 11.8 Å². The fraction of sp³-hybridized carbons (Fsp3) is 0.750. The number of aromatic nitrogens is 2. The molecular weight excluding hydrogens is 398 g/mol. The second-order valence-electron chi connectivity index (χ2n) is 9.44. The largest absolute Gasteiger partial charge is 0.463 e. The summed E-state index contributed by atoms with van der Waals surface area (Å²) in [4.78, 5) is 22.7. The van der Waals surface area contributed by atoms with E-state index in [2.05, 4.69) is 9.97 Å². The van der Waals surface area contributed by atoms with Crippen LogP contribution in [-0.2, 0) is 4.79 Å². The van der Waals surface area contributed by atoms with Crippen molar-refractivity contribution in [3.63, 3.8) is 0 Å². The molecule has 6 nitrogen and oxygen atoms in total. The van der Waals surface area contributed by atoms with E-state index in [4.69, 9.17) is 10.5 Å². The first-order valence-corrected chi connectivity index (χ1v) is 11.5. The van der Waals surface area contributed by atoms with E-state index in [1.165, 1.54) is 35.9 Å². The molecular formula is C20H26F2N4O2S. The first-order chi connectivity index (χ1) is 13.7. The standard InChI is InChI=1S/C20H26F2N4O2S/c1-29-18-24-14(26-9-20(21,22)10-26)5-15(25-18)28-16(17(23)27)19-6-11-2-12(7-19)4-13(3-11)8-19/h5,11-13,16H,2-4,6-10H2,1H3,(H2,23,27). The normalized spacial score (nSPS) is 35.3. The highest BCUT2D eigenvalue weighted by atomic mass is 32.2. The lowest BCUT2D eigenvalue weighted by molar-refractivity contribution is -0.148. The van der Waals surface area contributed by atoms with Crippen molar-refractivity contribution < 1.29 is 18.3 Å². The van der Waals surface area contributed by atoms with E-state index in [1.807, 2.05) is 6.26 Å². The molecule has 1 aromatic rings. The van der Waals surface area contributed by atoms with Crippen molar-refractivity contribution in [2.24, 2.45) is 28.9 Å². The second-order valence-corrected chi connectivity index (χ2v) is 10.2. The number of anilines is 1. The van der Waals surface area contributed by atoms with Gasteiger partial charge in [-0.15, -0.1) is 0 Å². The van der Waals surface area contributed by atoms with E-state index >= 15 is 0 Å². The van der Waals surface area contributed by atoms with Gasteiger partial charge in [0.05, 0.1) is 13.1 Å². The summed E-state index contributed by atoms with van der Waals surface area (Å²) in [6.07, 6.45) is 7.74. The Balaban J connectivity index is 1.42. The van der Waals surface area contributed by atoms with E-state index in [1.54, 1.807) is 6.07 Å². The van der Waals surface area contributed by atoms with Crippen molar-refractivity contribution in [3.8, 4) is 5.88 Å². The Morgan fingerprint density at radius 3 is 2.28 bits per heavy atom. The molecule has 4 aliphatic carbocycles. The van der Waals surface area contributed by atoms with Gasteiger partial charge in [0.15, 0.2) is 11.3 Å². The van der Waals surface area contributed by atoms with E-state index in [0.717, 1.165) is 19.3 Å². The van der Waals surface area contributed by atoms with Crippen LogP contribution in [0.25, 0.3) is 0 Å². The highest BCUT2D eigenvalue weighted by Gasteiger charge is 2.57. The average molecular weight is 425 g/mol. The van der Waals surface area contributed by atoms with Crippen LogP contribution >= 0.6 is 11.8 Å². The predicted octanol–water partition coefficient (Wildman–Crippen LogP) is 3.10. The second kappa shape index (κ2) is 6.68. The summed E-state index contributed by atoms with van der Waals surface area (Å²) in [5.41, 5.74) is 5.60. The van der Waals surface area contributed by atoms with Crippen LogP contribution in [0.5, 0.6) is 5.88 Å². The van der Waals surface area contributed by atoms with Gasteiger partial charge < -0.3 is 15.4 Å². The zero-order valence-electron chi connectivity index (χ0n) is 16.4. The first kappa shape index (κ1) is 19.3. The van der Waals surface area contributed by atoms with Gasteiger partial charge in [-0.2, -0.15) is 4.98 Å². The van der Waals surface area contributed by atoms with Gasteiger partial charge in [0.1, 0.15) is 5.82 Å². The van der Waals surface area contributed by atoms with Crippen molar-refractivity contribution in [2.75, 3.05) is 24.2 Å². The van der Waals surface area contributed by atoms with Gasteiger partial charge in [0.25, 0.3) is 11.8 Å². The topological polar surface area (TPSA) is 81.3 Å². The molecule has 29 heavy (non-hydrogen) atoms. The highest BCUT2D eigenvalue weighted by Crippen LogP contribution is 2.61. The van der Waals surface area contributed by atoms with Crippen LogP contribution in [0.1, 0.15) is 38.5 Å². The number of primary amides is 1. The van der Waals surface area contributed by atoms with Crippen molar-refractivity contribution >= 4 is 23.5 Å². The molecule has 1 amide bonds. The molecule has 6 rings (SSSR count). The third kappa shape index (κ3) is 3.45. The van der Waals surface area contributed by atoms with Gasteiger partial charge in [0, 0.05) is 11.5 Å². The Hall–Kier alpha value is -1.64. The van der Waals surface area contributed by atoms with Gasteiger partial charge in [-0.25, -0.2) is 13.8 Å². The van der Waals surface area contributed by atoms with Crippen LogP contribution in [0.4, 0.5) is 14.6 Å². The number of thioether (sulfide) groups is 1. The molecule has 0 aromatic carbocycles. The third-order valence-electron chi connectivity index (χ3n) is 7.16. The minimum atomic E-state index is -2.69. The molecule has 1 unspecified atom stereocenters. The highest BCUT2D eigenvalue weighted by molar-refractivity contribution is 7.98. The summed E-state index contributed by atoms with van der Waals surface area (Å²) < 4.78 is 32.8. The molecule has 4 saturated carbocycles. The summed E-state index contributed by atoms with van der Waals surface area (Å²) in [5.74, 6) is -0.560. The predicted molar refractivity (Wildman–Crippen MR) is 105 cm³/mol. The van der Waals surface area contributed by atoms with Crippen molar-refractivity contribution in [3.05, 3.63) is 6.07 Å². The maximum Gasteiger partial charge on any atom is 0.282 e. The molecule has 5 fully saturated rings. The molecule has 0 spiro atoms. The fourth-order valence-corrected chi connectivity index (χ4v) is 6.85. The summed E-state index contributed by atoms with van der Waals surface area (Å²) in [6, 6.07) is 1.56. The molecule has 2 N–H and O–H groups in total. The van der Waals surface area contributed by atoms with E-state index in [9.17, 15) is 13.6 Å². The number of amides is 1. The van der Waals surface area contributed by atoms with E-state index in [0.29, 0.717) is 28.7 Å². The van der Waals surface area contributed by atoms with Crippen LogP contribution in [0.2, 0.25) is 0 Å². The van der Waals surface area contributed by atoms with Crippen molar-refractivity contribution in [2.45, 2.75) is 55.7 Å². The fourth-order valence-electron chi connectivity index (χ4n) is 6.48. The Kier molecular flexibility index (Phi) is 4.46. The molecule has 0 radical (unpaired) electrons. The number of nitrogens with two attached hydrogens (primary N) is 1. The first-order valence-electron chi connectivity index (χ1n) is 10.3. The smallest absolute Gasteiger partial charge is 0.282 e. The SMILES string of the molecule is CSc1nc(OC(C(N)=O)C23CC4CC(CC(C4)C2)C3)cc(N2CC(F)(F)C2)n1. The number of hydrogen-bond acceptors (Lipinski definition) is 6. The van der Waals surface area contributed by atoms with E-state index in [-0.39, 0.29) is 24.4 Å². The number of carbonyl (C=O) groups is 1. The number of ether oxygens (including phenoxy) is 1. The quantitative estimate of drug-likeness (QED) is 0.558. The van der Waals surface area contributed by atoms with Crippen molar-refractivity contribution in [1.82, 2.24) is 9.97 Å². The number of carbonyl (C=O) groups excluding carboxylic acids is 1. The molecule has 1 aromatic heterocycles. The number of halogens is 2. The Morgan fingerprint density at radius 2 is 1.79 bits per heavy atom. The number of nitrogens with zero attached hydrogens (tertiary/aromatic N) is 3. The summed E-state index contributed by atoms with van der Waals surface area (Å²) in [7, 11) is 0. The van der Waals surface area contributed by atoms with Crippen LogP contribution in [0.15, 0.2) is 11.2 Å². The molecule has 2 heterocycles. The van der Waals surface area contributed by atoms with Gasteiger partial charge in [0.2, 0.25) is 5.88 Å². The molecule has 1 aliphatic heterocycles. The van der Waals surface area contributed by atoms with Crippen molar-refractivity contribution in [1.29, 1.82) is 0 Å². The monoisotopic (exact) mass is 424 g/mol. The lowest BCUT2D eigenvalue weighted by Crippen LogP contribution is -2.57. The Labute approximate surface area is 173 Å². The number of rotatable bonds is 6.